The molecule has 0 bridgehead atoms. The molecule has 0 saturated carbocycles. The molecular formula is C24H28F3N5O4. The molecule has 12 heteroatoms. The van der Waals surface area contributed by atoms with Gasteiger partial charge in [0.1, 0.15) is 18.0 Å². The fraction of sp³-hybridized carbons (Fsp3) is 0.583. The number of methoxy groups -OCH3 is 1. The Labute approximate surface area is 206 Å². The van der Waals surface area contributed by atoms with Crippen LogP contribution >= 0.6 is 0 Å². The number of amides is 1. The highest BCUT2D eigenvalue weighted by atomic mass is 19.4. The van der Waals surface area contributed by atoms with Gasteiger partial charge in [-0.3, -0.25) is 4.79 Å². The number of carbonyl (C=O) groups is 1. The van der Waals surface area contributed by atoms with E-state index in [1.54, 1.807) is 4.90 Å². The van der Waals surface area contributed by atoms with Crippen molar-refractivity contribution < 1.29 is 32.2 Å². The van der Waals surface area contributed by atoms with Gasteiger partial charge in [0.05, 0.1) is 43.3 Å². The number of fused-ring (bicyclic) bond motifs is 1. The smallest absolute Gasteiger partial charge is 0.421 e. The first-order valence-corrected chi connectivity index (χ1v) is 12.1. The topological polar surface area (TPSA) is 89.9 Å². The molecular weight excluding hydrogens is 479 g/mol. The Morgan fingerprint density at radius 1 is 1.11 bits per heavy atom. The van der Waals surface area contributed by atoms with Crippen LogP contribution in [0.3, 0.4) is 0 Å². The molecule has 36 heavy (non-hydrogen) atoms. The minimum atomic E-state index is -4.59. The second-order valence-corrected chi connectivity index (χ2v) is 9.22. The summed E-state index contributed by atoms with van der Waals surface area (Å²) in [7, 11) is 1.16. The highest BCUT2D eigenvalue weighted by Gasteiger charge is 2.37. The van der Waals surface area contributed by atoms with E-state index in [0.29, 0.717) is 57.3 Å². The van der Waals surface area contributed by atoms with E-state index in [1.807, 2.05) is 4.90 Å². The monoisotopic (exact) mass is 507 g/mol. The Morgan fingerprint density at radius 2 is 1.92 bits per heavy atom. The Balaban J connectivity index is 1.30. The average Bonchev–Trinajstić information content (AvgIpc) is 3.36. The van der Waals surface area contributed by atoms with Crippen molar-refractivity contribution in [3.8, 4) is 11.8 Å². The third-order valence-corrected chi connectivity index (χ3v) is 6.97. The number of aromatic nitrogens is 3. The number of likely N-dealkylation sites (tertiary alicyclic amines) is 1. The van der Waals surface area contributed by atoms with Crippen molar-refractivity contribution in [1.29, 1.82) is 0 Å². The zero-order valence-corrected chi connectivity index (χ0v) is 20.0. The lowest BCUT2D eigenvalue weighted by Gasteiger charge is -2.31. The summed E-state index contributed by atoms with van der Waals surface area (Å²) in [5.74, 6) is 0.0926. The summed E-state index contributed by atoms with van der Waals surface area (Å²) >= 11 is 0. The van der Waals surface area contributed by atoms with Gasteiger partial charge in [-0.15, -0.1) is 0 Å². The molecule has 9 nitrogen and oxygen atoms in total. The van der Waals surface area contributed by atoms with Crippen molar-refractivity contribution >= 4 is 11.6 Å². The second kappa shape index (κ2) is 10.1. The van der Waals surface area contributed by atoms with E-state index in [0.717, 1.165) is 37.3 Å². The first-order chi connectivity index (χ1) is 17.3. The van der Waals surface area contributed by atoms with Crippen molar-refractivity contribution in [3.05, 3.63) is 35.4 Å². The van der Waals surface area contributed by atoms with E-state index in [9.17, 15) is 18.0 Å². The van der Waals surface area contributed by atoms with Gasteiger partial charge in [0.25, 0.3) is 0 Å². The Kier molecular flexibility index (Phi) is 6.87. The first kappa shape index (κ1) is 24.5. The maximum absolute atomic E-state index is 13.5. The fourth-order valence-electron chi connectivity index (χ4n) is 5.00. The number of ether oxygens (including phenoxy) is 3. The SMILES string of the molecule is COc1ncc(N2CCc3ncnc(O[C@H]4CCN(C(=O)C5CCOCC5)C4)c3C2)cc1C(F)(F)F. The zero-order valence-electron chi connectivity index (χ0n) is 20.0. The molecule has 0 unspecified atom stereocenters. The molecule has 2 fully saturated rings. The van der Waals surface area contributed by atoms with Crippen LogP contribution in [0.5, 0.6) is 11.8 Å². The molecule has 1 atom stereocenters. The van der Waals surface area contributed by atoms with Crippen LogP contribution in [-0.4, -0.2) is 71.8 Å². The first-order valence-electron chi connectivity index (χ1n) is 12.1. The van der Waals surface area contributed by atoms with Crippen molar-refractivity contribution in [1.82, 2.24) is 19.9 Å². The van der Waals surface area contributed by atoms with Crippen molar-refractivity contribution in [2.45, 2.75) is 44.5 Å². The third kappa shape index (κ3) is 5.04. The molecule has 0 spiro atoms. The highest BCUT2D eigenvalue weighted by Crippen LogP contribution is 2.38. The van der Waals surface area contributed by atoms with Crippen LogP contribution in [0.25, 0.3) is 0 Å². The maximum Gasteiger partial charge on any atom is 0.421 e. The lowest BCUT2D eigenvalue weighted by molar-refractivity contribution is -0.139. The number of hydrogen-bond donors (Lipinski definition) is 0. The summed E-state index contributed by atoms with van der Waals surface area (Å²) in [6.07, 6.45) is 0.729. The molecule has 0 aliphatic carbocycles. The van der Waals surface area contributed by atoms with E-state index in [-0.39, 0.29) is 24.5 Å². The van der Waals surface area contributed by atoms with Crippen LogP contribution in [0.2, 0.25) is 0 Å². The van der Waals surface area contributed by atoms with E-state index in [1.165, 1.54) is 12.5 Å². The molecule has 2 aromatic heterocycles. The van der Waals surface area contributed by atoms with Gasteiger partial charge in [-0.25, -0.2) is 15.0 Å². The number of alkyl halides is 3. The quantitative estimate of drug-likeness (QED) is 0.611. The highest BCUT2D eigenvalue weighted by molar-refractivity contribution is 5.79. The zero-order chi connectivity index (χ0) is 25.3. The molecule has 3 aliphatic heterocycles. The minimum absolute atomic E-state index is 0.00226. The fourth-order valence-corrected chi connectivity index (χ4v) is 5.00. The van der Waals surface area contributed by atoms with Gasteiger partial charge in [-0.05, 0) is 18.9 Å². The number of halogens is 3. The number of nitrogens with zero attached hydrogens (tertiary/aromatic N) is 5. The van der Waals surface area contributed by atoms with Gasteiger partial charge in [-0.1, -0.05) is 0 Å². The third-order valence-electron chi connectivity index (χ3n) is 6.97. The van der Waals surface area contributed by atoms with E-state index in [2.05, 4.69) is 15.0 Å². The van der Waals surface area contributed by atoms with E-state index < -0.39 is 17.6 Å². The normalized spacial score (nSPS) is 20.8. The summed E-state index contributed by atoms with van der Waals surface area (Å²) in [5.41, 5.74) is 0.955. The predicted octanol–water partition coefficient (Wildman–Crippen LogP) is 2.87. The minimum Gasteiger partial charge on any atom is -0.481 e. The molecule has 2 aromatic rings. The molecule has 1 amide bonds. The van der Waals surface area contributed by atoms with Crippen molar-refractivity contribution in [2.75, 3.05) is 44.9 Å². The van der Waals surface area contributed by atoms with Crippen molar-refractivity contribution in [3.63, 3.8) is 0 Å². The molecule has 3 aliphatic rings. The van der Waals surface area contributed by atoms with Gasteiger partial charge in [0.2, 0.25) is 17.7 Å². The summed E-state index contributed by atoms with van der Waals surface area (Å²) in [6, 6.07) is 1.05. The van der Waals surface area contributed by atoms with Gasteiger partial charge in [0, 0.05) is 45.1 Å². The summed E-state index contributed by atoms with van der Waals surface area (Å²) in [6.45, 7) is 3.09. The van der Waals surface area contributed by atoms with Crippen molar-refractivity contribution in [2.24, 2.45) is 5.92 Å². The van der Waals surface area contributed by atoms with Crippen LogP contribution in [0.15, 0.2) is 18.6 Å². The van der Waals surface area contributed by atoms with Crippen LogP contribution in [0.1, 0.15) is 36.1 Å². The Bertz CT molecular complexity index is 1110. The molecule has 2 saturated heterocycles. The van der Waals surface area contributed by atoms with Gasteiger partial charge in [-0.2, -0.15) is 13.2 Å². The van der Waals surface area contributed by atoms with Gasteiger partial charge < -0.3 is 24.0 Å². The standard InChI is InChI=1S/C24H28F3N5O4/c1-34-22-19(24(25,26)27)10-16(11-28-22)31-7-3-20-18(13-31)21(30-14-29-20)36-17-2-6-32(12-17)23(33)15-4-8-35-9-5-15/h10-11,14-15,17H,2-9,12-13H2,1H3/t17-/m0/s1. The summed E-state index contributed by atoms with van der Waals surface area (Å²) in [5, 5.41) is 0. The molecule has 0 N–H and O–H groups in total. The maximum atomic E-state index is 13.5. The van der Waals surface area contributed by atoms with Crippen LogP contribution < -0.4 is 14.4 Å². The molecule has 0 aromatic carbocycles. The van der Waals surface area contributed by atoms with E-state index in [4.69, 9.17) is 14.2 Å². The Morgan fingerprint density at radius 3 is 2.67 bits per heavy atom. The largest absolute Gasteiger partial charge is 0.481 e. The predicted molar refractivity (Wildman–Crippen MR) is 122 cm³/mol. The number of anilines is 1. The molecule has 194 valence electrons. The summed E-state index contributed by atoms with van der Waals surface area (Å²) < 4.78 is 56.9. The molecule has 0 radical (unpaired) electrons. The number of pyridine rings is 1. The lowest BCUT2D eigenvalue weighted by atomic mass is 9.99. The molecule has 5 rings (SSSR count). The average molecular weight is 508 g/mol. The number of carbonyl (C=O) groups excluding carboxylic acids is 1. The van der Waals surface area contributed by atoms with Crippen LogP contribution in [-0.2, 0) is 28.7 Å². The van der Waals surface area contributed by atoms with Crippen LogP contribution in [0.4, 0.5) is 18.9 Å². The van der Waals surface area contributed by atoms with E-state index >= 15 is 0 Å². The molecule has 5 heterocycles. The van der Waals surface area contributed by atoms with Gasteiger partial charge in [0.15, 0.2) is 0 Å². The Hall–Kier alpha value is -3.15. The lowest BCUT2D eigenvalue weighted by Crippen LogP contribution is -2.38. The van der Waals surface area contributed by atoms with Gasteiger partial charge >= 0.3 is 6.18 Å². The summed E-state index contributed by atoms with van der Waals surface area (Å²) in [4.78, 5) is 29.1. The van der Waals surface area contributed by atoms with Crippen LogP contribution in [0, 0.1) is 5.92 Å². The number of rotatable bonds is 5. The second-order valence-electron chi connectivity index (χ2n) is 9.22. The number of hydrogen-bond acceptors (Lipinski definition) is 8.